The second-order valence-corrected chi connectivity index (χ2v) is 8.35. The van der Waals surface area contributed by atoms with Gasteiger partial charge in [-0.15, -0.1) is 11.3 Å². The van der Waals surface area contributed by atoms with E-state index in [1.807, 2.05) is 24.4 Å². The maximum atomic E-state index is 13.1. The Kier molecular flexibility index (Phi) is 6.21. The molecule has 1 unspecified atom stereocenters. The van der Waals surface area contributed by atoms with Gasteiger partial charge in [0.05, 0.1) is 24.3 Å². The Morgan fingerprint density at radius 3 is 2.53 bits per heavy atom. The number of carbonyl (C=O) groups is 2. The molecule has 4 rings (SSSR count). The zero-order chi connectivity index (χ0) is 22.8. The fourth-order valence-electron chi connectivity index (χ4n) is 3.63. The minimum absolute atomic E-state index is 0.0121. The number of nitrogens with zero attached hydrogens (tertiary/aromatic N) is 1. The Bertz CT molecular complexity index is 1190. The highest BCUT2D eigenvalue weighted by molar-refractivity contribution is 7.10. The van der Waals surface area contributed by atoms with Crippen LogP contribution in [0.25, 0.3) is 5.76 Å². The van der Waals surface area contributed by atoms with E-state index in [1.54, 1.807) is 49.6 Å². The SMILES string of the molecule is CCOc1cc(/C(O)=C2/C(=O)C(=O)N(c3ccc(OC)cc3)C2c2cccs2)ccc1Cl. The Labute approximate surface area is 194 Å². The van der Waals surface area contributed by atoms with Gasteiger partial charge in [-0.25, -0.2) is 0 Å². The van der Waals surface area contributed by atoms with Crippen LogP contribution >= 0.6 is 22.9 Å². The number of ether oxygens (including phenoxy) is 2. The number of aliphatic hydroxyl groups excluding tert-OH is 1. The number of hydrogen-bond donors (Lipinski definition) is 1. The van der Waals surface area contributed by atoms with Crippen LogP contribution in [0, 0.1) is 0 Å². The van der Waals surface area contributed by atoms with Gasteiger partial charge in [0.1, 0.15) is 23.3 Å². The van der Waals surface area contributed by atoms with Crippen LogP contribution in [0.5, 0.6) is 11.5 Å². The third-order valence-electron chi connectivity index (χ3n) is 5.11. The number of hydrogen-bond acceptors (Lipinski definition) is 6. The monoisotopic (exact) mass is 469 g/mol. The Morgan fingerprint density at radius 1 is 1.16 bits per heavy atom. The van der Waals surface area contributed by atoms with Crippen LogP contribution < -0.4 is 14.4 Å². The number of amides is 1. The molecule has 1 aliphatic rings. The number of carbonyl (C=O) groups excluding carboxylic acids is 2. The van der Waals surface area contributed by atoms with E-state index >= 15 is 0 Å². The smallest absolute Gasteiger partial charge is 0.300 e. The molecule has 1 aliphatic heterocycles. The van der Waals surface area contributed by atoms with Gasteiger partial charge in [-0.05, 0) is 60.8 Å². The van der Waals surface area contributed by atoms with Crippen molar-refractivity contribution in [2.24, 2.45) is 0 Å². The molecule has 1 saturated heterocycles. The van der Waals surface area contributed by atoms with E-state index in [9.17, 15) is 14.7 Å². The molecule has 1 atom stereocenters. The molecule has 1 fully saturated rings. The molecule has 32 heavy (non-hydrogen) atoms. The summed E-state index contributed by atoms with van der Waals surface area (Å²) in [5.41, 5.74) is 0.877. The van der Waals surface area contributed by atoms with E-state index in [4.69, 9.17) is 21.1 Å². The summed E-state index contributed by atoms with van der Waals surface area (Å²) in [7, 11) is 1.55. The highest BCUT2D eigenvalue weighted by Gasteiger charge is 2.47. The van der Waals surface area contributed by atoms with Gasteiger partial charge in [-0.2, -0.15) is 0 Å². The second kappa shape index (κ2) is 9.06. The van der Waals surface area contributed by atoms with E-state index in [2.05, 4.69) is 0 Å². The van der Waals surface area contributed by atoms with Gasteiger partial charge in [-0.3, -0.25) is 14.5 Å². The van der Waals surface area contributed by atoms with Crippen molar-refractivity contribution in [1.82, 2.24) is 0 Å². The van der Waals surface area contributed by atoms with Crippen LogP contribution in [0.2, 0.25) is 5.02 Å². The molecule has 0 saturated carbocycles. The van der Waals surface area contributed by atoms with E-state index < -0.39 is 17.7 Å². The number of benzene rings is 2. The van der Waals surface area contributed by atoms with Crippen molar-refractivity contribution in [3.05, 3.63) is 81.0 Å². The molecule has 3 aromatic rings. The fraction of sp³-hybridized carbons (Fsp3) is 0.167. The second-order valence-electron chi connectivity index (χ2n) is 6.96. The fourth-order valence-corrected chi connectivity index (χ4v) is 4.63. The van der Waals surface area contributed by atoms with Crippen LogP contribution in [-0.4, -0.2) is 30.5 Å². The number of aliphatic hydroxyl groups is 1. The first-order valence-electron chi connectivity index (χ1n) is 9.87. The van der Waals surface area contributed by atoms with Crippen molar-refractivity contribution in [3.8, 4) is 11.5 Å². The van der Waals surface area contributed by atoms with Crippen LogP contribution in [0.15, 0.2) is 65.6 Å². The normalized spacial score (nSPS) is 17.6. The lowest BCUT2D eigenvalue weighted by atomic mass is 9.99. The van der Waals surface area contributed by atoms with Crippen molar-refractivity contribution in [2.75, 3.05) is 18.6 Å². The molecule has 0 aliphatic carbocycles. The van der Waals surface area contributed by atoms with Gasteiger partial charge in [0.2, 0.25) is 0 Å². The Morgan fingerprint density at radius 2 is 1.91 bits per heavy atom. The molecule has 6 nitrogen and oxygen atoms in total. The largest absolute Gasteiger partial charge is 0.507 e. The lowest BCUT2D eigenvalue weighted by Crippen LogP contribution is -2.29. The number of anilines is 1. The van der Waals surface area contributed by atoms with Gasteiger partial charge >= 0.3 is 0 Å². The highest BCUT2D eigenvalue weighted by atomic mass is 35.5. The minimum atomic E-state index is -0.769. The molecule has 1 aromatic heterocycles. The van der Waals surface area contributed by atoms with Crippen molar-refractivity contribution in [1.29, 1.82) is 0 Å². The predicted molar refractivity (Wildman–Crippen MR) is 125 cm³/mol. The molecule has 1 N–H and O–H groups in total. The molecule has 0 bridgehead atoms. The van der Waals surface area contributed by atoms with E-state index in [-0.39, 0.29) is 11.3 Å². The first-order chi connectivity index (χ1) is 15.5. The van der Waals surface area contributed by atoms with E-state index in [1.165, 1.54) is 16.2 Å². The summed E-state index contributed by atoms with van der Waals surface area (Å²) >= 11 is 7.57. The van der Waals surface area contributed by atoms with E-state index in [0.717, 1.165) is 4.88 Å². The predicted octanol–water partition coefficient (Wildman–Crippen LogP) is 5.44. The standard InChI is InChI=1S/C24H20ClNO5S/c1-3-31-18-13-14(6-11-17(18)25)22(27)20-21(19-5-4-12-32-19)26(24(29)23(20)28)15-7-9-16(30-2)10-8-15/h4-13,21,27H,3H2,1-2H3/b22-20-. The van der Waals surface area contributed by atoms with Crippen molar-refractivity contribution < 1.29 is 24.2 Å². The molecule has 164 valence electrons. The summed E-state index contributed by atoms with van der Waals surface area (Å²) in [5.74, 6) is -0.743. The average molecular weight is 470 g/mol. The molecular weight excluding hydrogens is 450 g/mol. The van der Waals surface area contributed by atoms with Crippen LogP contribution in [0.3, 0.4) is 0 Å². The summed E-state index contributed by atoms with van der Waals surface area (Å²) in [5, 5.41) is 13.4. The molecule has 0 radical (unpaired) electrons. The van der Waals surface area contributed by atoms with Crippen molar-refractivity contribution >= 4 is 46.1 Å². The number of halogens is 1. The first kappa shape index (κ1) is 21.9. The topological polar surface area (TPSA) is 76.1 Å². The molecule has 2 heterocycles. The van der Waals surface area contributed by atoms with Gasteiger partial charge in [0.25, 0.3) is 11.7 Å². The molecule has 0 spiro atoms. The van der Waals surface area contributed by atoms with Crippen molar-refractivity contribution in [3.63, 3.8) is 0 Å². The van der Waals surface area contributed by atoms with Gasteiger partial charge in [-0.1, -0.05) is 17.7 Å². The summed E-state index contributed by atoms with van der Waals surface area (Å²) in [4.78, 5) is 28.4. The first-order valence-corrected chi connectivity index (χ1v) is 11.1. The highest BCUT2D eigenvalue weighted by Crippen LogP contribution is 2.44. The quantitative estimate of drug-likeness (QED) is 0.296. The lowest BCUT2D eigenvalue weighted by molar-refractivity contribution is -0.132. The summed E-state index contributed by atoms with van der Waals surface area (Å²) < 4.78 is 10.7. The molecule has 2 aromatic carbocycles. The summed E-state index contributed by atoms with van der Waals surface area (Å²) in [6.45, 7) is 2.21. The third kappa shape index (κ3) is 3.85. The summed E-state index contributed by atoms with van der Waals surface area (Å²) in [6.07, 6.45) is 0. The van der Waals surface area contributed by atoms with Crippen LogP contribution in [0.4, 0.5) is 5.69 Å². The average Bonchev–Trinajstić information content (AvgIpc) is 3.42. The molecular formula is C24H20ClNO5S. The third-order valence-corrected chi connectivity index (χ3v) is 6.35. The van der Waals surface area contributed by atoms with Gasteiger partial charge < -0.3 is 14.6 Å². The Balaban J connectivity index is 1.87. The number of thiophene rings is 1. The number of methoxy groups -OCH3 is 1. The Hall–Kier alpha value is -3.29. The summed E-state index contributed by atoms with van der Waals surface area (Å²) in [6, 6.07) is 14.5. The molecule has 8 heteroatoms. The van der Waals surface area contributed by atoms with Crippen LogP contribution in [0.1, 0.15) is 23.4 Å². The zero-order valence-corrected chi connectivity index (χ0v) is 18.9. The minimum Gasteiger partial charge on any atom is -0.507 e. The zero-order valence-electron chi connectivity index (χ0n) is 17.4. The van der Waals surface area contributed by atoms with Gasteiger partial charge in [0.15, 0.2) is 0 Å². The number of rotatable bonds is 6. The van der Waals surface area contributed by atoms with Crippen molar-refractivity contribution in [2.45, 2.75) is 13.0 Å². The van der Waals surface area contributed by atoms with Crippen LogP contribution in [-0.2, 0) is 9.59 Å². The number of ketones is 1. The number of Topliss-reactive ketones (excluding diaryl/α,β-unsaturated/α-hetero) is 1. The molecule has 1 amide bonds. The maximum Gasteiger partial charge on any atom is 0.300 e. The maximum absolute atomic E-state index is 13.1. The van der Waals surface area contributed by atoms with E-state index in [0.29, 0.717) is 34.4 Å². The van der Waals surface area contributed by atoms with Gasteiger partial charge in [0, 0.05) is 16.1 Å². The lowest BCUT2D eigenvalue weighted by Gasteiger charge is -2.24.